The van der Waals surface area contributed by atoms with Crippen molar-refractivity contribution in [1.82, 2.24) is 16.0 Å². The number of aliphatic carboxylic acids is 1. The summed E-state index contributed by atoms with van der Waals surface area (Å²) in [6.45, 7) is 12.9. The predicted molar refractivity (Wildman–Crippen MR) is 137 cm³/mol. The van der Waals surface area contributed by atoms with Crippen LogP contribution in [0.5, 0.6) is 0 Å². The van der Waals surface area contributed by atoms with Gasteiger partial charge < -0.3 is 35.3 Å². The van der Waals surface area contributed by atoms with Gasteiger partial charge in [-0.3, -0.25) is 19.2 Å². The minimum Gasteiger partial charge on any atom is -0.481 e. The number of nitrogens with one attached hydrogen (secondary N) is 3. The van der Waals surface area contributed by atoms with Gasteiger partial charge in [0.2, 0.25) is 16.9 Å². The number of carboxylic acids is 1. The lowest BCUT2D eigenvalue weighted by Crippen LogP contribution is -2.56. The van der Waals surface area contributed by atoms with Gasteiger partial charge in [0, 0.05) is 37.1 Å². The molecule has 1 aliphatic heterocycles. The summed E-state index contributed by atoms with van der Waals surface area (Å²) in [7, 11) is 0. The third-order valence-corrected chi connectivity index (χ3v) is 6.06. The summed E-state index contributed by atoms with van der Waals surface area (Å²) in [5.74, 6) is -2.38. The Morgan fingerprint density at radius 3 is 2.30 bits per heavy atom. The lowest BCUT2D eigenvalue weighted by molar-refractivity contribution is -0.304. The molecule has 212 valence electrons. The highest BCUT2D eigenvalue weighted by atomic mass is 32.2. The Kier molecular flexibility index (Phi) is 12.3. The molecular weight excluding hydrogens is 506 g/mol. The molecule has 1 rings (SSSR count). The van der Waals surface area contributed by atoms with Crippen LogP contribution in [0.2, 0.25) is 0 Å². The van der Waals surface area contributed by atoms with Crippen molar-refractivity contribution in [2.75, 3.05) is 25.4 Å². The van der Waals surface area contributed by atoms with Crippen molar-refractivity contribution in [1.29, 1.82) is 0 Å². The molecule has 0 unspecified atom stereocenters. The van der Waals surface area contributed by atoms with Crippen LogP contribution in [0.25, 0.3) is 0 Å². The lowest BCUT2D eigenvalue weighted by atomic mass is 9.85. The standard InChI is InChI=1S/C24H41N3O9S/c1-22(2,3)36-21(33)27-15(8-9-17(29)30)20(32)37-13-12-25-16(28)10-11-26-19(31)18-23(4,5)14-34-24(6,7)35-18/h15,18H,8-14H2,1-7H3,(H,25,28)(H,26,31)(H,27,33)(H,29,30)/t15-,18-/m0/s1. The summed E-state index contributed by atoms with van der Waals surface area (Å²) in [5.41, 5.74) is -1.29. The van der Waals surface area contributed by atoms with Gasteiger partial charge in [-0.15, -0.1) is 0 Å². The third-order valence-electron chi connectivity index (χ3n) is 5.08. The van der Waals surface area contributed by atoms with E-state index in [2.05, 4.69) is 16.0 Å². The molecule has 1 fully saturated rings. The van der Waals surface area contributed by atoms with Crippen LogP contribution in [-0.4, -0.2) is 83.1 Å². The number of hydrogen-bond donors (Lipinski definition) is 4. The predicted octanol–water partition coefficient (Wildman–Crippen LogP) is 1.80. The highest BCUT2D eigenvalue weighted by Gasteiger charge is 2.45. The molecule has 0 saturated carbocycles. The Balaban J connectivity index is 2.40. The first kappa shape index (κ1) is 32.6. The Hall–Kier alpha value is -2.38. The number of ether oxygens (including phenoxy) is 3. The molecule has 0 aromatic carbocycles. The van der Waals surface area contributed by atoms with E-state index < -0.39 is 46.1 Å². The molecule has 0 aromatic heterocycles. The molecule has 0 aromatic rings. The number of alkyl carbamates (subject to hydrolysis) is 1. The van der Waals surface area contributed by atoms with Crippen molar-refractivity contribution in [2.45, 2.75) is 91.3 Å². The van der Waals surface area contributed by atoms with Crippen LogP contribution in [-0.2, 0) is 33.4 Å². The van der Waals surface area contributed by atoms with Gasteiger partial charge in [-0.05, 0) is 41.0 Å². The SMILES string of the molecule is CC(C)(C)OC(=O)N[C@@H](CCC(=O)O)C(=O)SCCNC(=O)CCNC(=O)[C@@H]1OC(C)(C)OCC1(C)C. The van der Waals surface area contributed by atoms with Gasteiger partial charge in [0.15, 0.2) is 5.79 Å². The molecule has 0 aliphatic carbocycles. The minimum absolute atomic E-state index is 0.0405. The van der Waals surface area contributed by atoms with E-state index in [1.807, 2.05) is 13.8 Å². The van der Waals surface area contributed by atoms with Crippen LogP contribution in [0.4, 0.5) is 4.79 Å². The first-order chi connectivity index (χ1) is 16.9. The van der Waals surface area contributed by atoms with E-state index in [0.29, 0.717) is 6.61 Å². The van der Waals surface area contributed by atoms with E-state index in [1.54, 1.807) is 34.6 Å². The van der Waals surface area contributed by atoms with Crippen LogP contribution >= 0.6 is 11.8 Å². The van der Waals surface area contributed by atoms with Crippen LogP contribution in [0.3, 0.4) is 0 Å². The third kappa shape index (κ3) is 13.1. The van der Waals surface area contributed by atoms with Crippen molar-refractivity contribution < 1.29 is 43.3 Å². The maximum absolute atomic E-state index is 12.6. The monoisotopic (exact) mass is 547 g/mol. The molecule has 1 aliphatic rings. The van der Waals surface area contributed by atoms with Crippen molar-refractivity contribution >= 4 is 40.8 Å². The van der Waals surface area contributed by atoms with Crippen LogP contribution in [0.1, 0.15) is 67.7 Å². The maximum atomic E-state index is 12.6. The van der Waals surface area contributed by atoms with Crippen LogP contribution in [0.15, 0.2) is 0 Å². The topological polar surface area (TPSA) is 169 Å². The second-order valence-electron chi connectivity index (χ2n) is 10.9. The van der Waals surface area contributed by atoms with E-state index >= 15 is 0 Å². The Morgan fingerprint density at radius 1 is 1.05 bits per heavy atom. The number of hydrogen-bond acceptors (Lipinski definition) is 9. The molecule has 1 heterocycles. The highest BCUT2D eigenvalue weighted by Crippen LogP contribution is 2.34. The summed E-state index contributed by atoms with van der Waals surface area (Å²) < 4.78 is 16.5. The molecule has 0 radical (unpaired) electrons. The van der Waals surface area contributed by atoms with E-state index in [0.717, 1.165) is 11.8 Å². The number of rotatable bonds is 12. The van der Waals surface area contributed by atoms with Gasteiger partial charge in [-0.1, -0.05) is 25.6 Å². The smallest absolute Gasteiger partial charge is 0.408 e. The van der Waals surface area contributed by atoms with Gasteiger partial charge in [-0.2, -0.15) is 0 Å². The lowest BCUT2D eigenvalue weighted by Gasteiger charge is -2.44. The van der Waals surface area contributed by atoms with Crippen LogP contribution in [0, 0.1) is 5.41 Å². The summed E-state index contributed by atoms with van der Waals surface area (Å²) in [6, 6.07) is -1.04. The molecule has 12 nitrogen and oxygen atoms in total. The summed E-state index contributed by atoms with van der Waals surface area (Å²) in [6.07, 6.45) is -1.88. The fourth-order valence-corrected chi connectivity index (χ4v) is 3.99. The average Bonchev–Trinajstić information content (AvgIpc) is 2.74. The molecule has 13 heteroatoms. The van der Waals surface area contributed by atoms with Crippen molar-refractivity contribution in [3.05, 3.63) is 0 Å². The summed E-state index contributed by atoms with van der Waals surface area (Å²) >= 11 is 0.870. The van der Waals surface area contributed by atoms with Gasteiger partial charge in [-0.25, -0.2) is 4.79 Å². The van der Waals surface area contributed by atoms with Crippen molar-refractivity contribution in [2.24, 2.45) is 5.41 Å². The Labute approximate surface area is 222 Å². The maximum Gasteiger partial charge on any atom is 0.408 e. The molecule has 4 N–H and O–H groups in total. The second-order valence-corrected chi connectivity index (χ2v) is 12.0. The van der Waals surface area contributed by atoms with Gasteiger partial charge in [0.1, 0.15) is 17.7 Å². The molecule has 2 atom stereocenters. The zero-order valence-electron chi connectivity index (χ0n) is 22.7. The Bertz CT molecular complexity index is 840. The van der Waals surface area contributed by atoms with Gasteiger partial charge in [0.25, 0.3) is 0 Å². The minimum atomic E-state index is -1.09. The molecule has 1 saturated heterocycles. The first-order valence-electron chi connectivity index (χ1n) is 12.2. The molecule has 37 heavy (non-hydrogen) atoms. The molecule has 3 amide bonds. The molecule has 0 bridgehead atoms. The van der Waals surface area contributed by atoms with Gasteiger partial charge in [0.05, 0.1) is 6.61 Å². The first-order valence-corrected chi connectivity index (χ1v) is 13.1. The fourth-order valence-electron chi connectivity index (χ4n) is 3.21. The fraction of sp³-hybridized carbons (Fsp3) is 0.792. The van der Waals surface area contributed by atoms with Gasteiger partial charge >= 0.3 is 12.1 Å². The number of carbonyl (C=O) groups is 5. The quantitative estimate of drug-likeness (QED) is 0.264. The van der Waals surface area contributed by atoms with Crippen molar-refractivity contribution in [3.8, 4) is 0 Å². The number of amides is 3. The normalized spacial score (nSPS) is 19.3. The average molecular weight is 548 g/mol. The summed E-state index contributed by atoms with van der Waals surface area (Å²) in [4.78, 5) is 60.1. The number of carbonyl (C=O) groups excluding carboxylic acids is 4. The zero-order valence-corrected chi connectivity index (χ0v) is 23.5. The van der Waals surface area contributed by atoms with E-state index in [9.17, 15) is 24.0 Å². The number of thioether (sulfide) groups is 1. The largest absolute Gasteiger partial charge is 0.481 e. The zero-order chi connectivity index (χ0) is 28.4. The van der Waals surface area contributed by atoms with E-state index in [4.69, 9.17) is 19.3 Å². The summed E-state index contributed by atoms with van der Waals surface area (Å²) in [5, 5.41) is 16.3. The van der Waals surface area contributed by atoms with E-state index in [1.165, 1.54) is 0 Å². The second kappa shape index (κ2) is 14.0. The Morgan fingerprint density at radius 2 is 1.70 bits per heavy atom. The van der Waals surface area contributed by atoms with E-state index in [-0.39, 0.29) is 49.9 Å². The van der Waals surface area contributed by atoms with Crippen molar-refractivity contribution in [3.63, 3.8) is 0 Å². The molecular formula is C24H41N3O9S. The highest BCUT2D eigenvalue weighted by molar-refractivity contribution is 8.13. The van der Waals surface area contributed by atoms with Crippen LogP contribution < -0.4 is 16.0 Å². The number of carboxylic acid groups (broad SMARTS) is 1. The molecule has 0 spiro atoms.